The van der Waals surface area contributed by atoms with E-state index in [9.17, 15) is 0 Å². The molecule has 0 radical (unpaired) electrons. The zero-order valence-electron chi connectivity index (χ0n) is 42.3. The molecule has 0 aromatic heterocycles. The van der Waals surface area contributed by atoms with Crippen molar-refractivity contribution in [1.82, 2.24) is 0 Å². The van der Waals surface area contributed by atoms with E-state index in [0.717, 1.165) is 104 Å². The monoisotopic (exact) mass is 972 g/mol. The van der Waals surface area contributed by atoms with Gasteiger partial charge in [-0.1, -0.05) is 133 Å². The molecule has 0 spiro atoms. The molecule has 0 fully saturated rings. The van der Waals surface area contributed by atoms with Crippen LogP contribution in [0, 0.1) is 0 Å². The van der Waals surface area contributed by atoms with E-state index in [4.69, 9.17) is 0 Å². The number of rotatable bonds is 12. The lowest BCUT2D eigenvalue weighted by Gasteiger charge is -2.38. The third kappa shape index (κ3) is 9.03. The second-order valence-electron chi connectivity index (χ2n) is 19.9. The van der Waals surface area contributed by atoms with Gasteiger partial charge in [-0.05, 0) is 177 Å². The van der Waals surface area contributed by atoms with Crippen LogP contribution in [-0.4, -0.2) is 19.6 Å². The molecule has 366 valence electrons. The van der Waals surface area contributed by atoms with E-state index in [0.29, 0.717) is 0 Å². The average molecular weight is 973 g/mol. The normalized spacial score (nSPS) is 13.8. The van der Waals surface area contributed by atoms with Crippen LogP contribution in [0.2, 0.25) is 0 Å². The van der Waals surface area contributed by atoms with E-state index in [1.54, 1.807) is 0 Å². The molecule has 0 saturated carbocycles. The number of nitrogens with zero attached hydrogens (tertiary/aromatic N) is 6. The molecule has 0 saturated heterocycles. The number of fused-ring (bicyclic) bond motifs is 3. The summed E-state index contributed by atoms with van der Waals surface area (Å²) >= 11 is 0. The van der Waals surface area contributed by atoms with Crippen molar-refractivity contribution < 1.29 is 0 Å². The van der Waals surface area contributed by atoms with Crippen molar-refractivity contribution in [3.8, 4) is 0 Å². The van der Waals surface area contributed by atoms with Crippen LogP contribution < -0.4 is 29.4 Å². The van der Waals surface area contributed by atoms with Gasteiger partial charge in [0, 0.05) is 82.2 Å². The summed E-state index contributed by atoms with van der Waals surface area (Å²) in [5, 5.41) is 0. The fraction of sp³-hybridized carbons (Fsp3) is 0.130. The maximum atomic E-state index is 2.60. The van der Waals surface area contributed by atoms with Gasteiger partial charge in [0.25, 0.3) is 0 Å². The Labute approximate surface area is 442 Å². The van der Waals surface area contributed by atoms with Crippen LogP contribution in [0.1, 0.15) is 36.0 Å². The van der Waals surface area contributed by atoms with Crippen LogP contribution in [-0.2, 0) is 19.3 Å². The van der Waals surface area contributed by atoms with E-state index in [2.05, 4.69) is 284 Å². The van der Waals surface area contributed by atoms with Gasteiger partial charge in [0.1, 0.15) is 0 Å². The number of para-hydroxylation sites is 7. The summed E-state index contributed by atoms with van der Waals surface area (Å²) in [6, 6.07) is 93.7. The molecule has 13 rings (SSSR count). The molecular formula is C69H60N6. The van der Waals surface area contributed by atoms with Crippen LogP contribution in [0.5, 0.6) is 0 Å². The van der Waals surface area contributed by atoms with Gasteiger partial charge in [0.2, 0.25) is 0 Å². The van der Waals surface area contributed by atoms with Crippen molar-refractivity contribution in [1.29, 1.82) is 0 Å². The largest absolute Gasteiger partial charge is 0.341 e. The fourth-order valence-corrected chi connectivity index (χ4v) is 11.9. The summed E-state index contributed by atoms with van der Waals surface area (Å²) in [4.78, 5) is 15.1. The first-order valence-electron chi connectivity index (χ1n) is 26.8. The first-order valence-corrected chi connectivity index (χ1v) is 26.8. The maximum Gasteiger partial charge on any atom is 0.0514 e. The van der Waals surface area contributed by atoms with E-state index < -0.39 is 0 Å². The average Bonchev–Trinajstić information content (AvgIpc) is 3.48. The predicted octanol–water partition coefficient (Wildman–Crippen LogP) is 18.3. The molecule has 0 unspecified atom stereocenters. The van der Waals surface area contributed by atoms with Crippen LogP contribution in [0.15, 0.2) is 255 Å². The first kappa shape index (κ1) is 45.8. The van der Waals surface area contributed by atoms with Crippen molar-refractivity contribution in [3.05, 3.63) is 271 Å². The summed E-state index contributed by atoms with van der Waals surface area (Å²) in [5.41, 5.74) is 21.6. The third-order valence-corrected chi connectivity index (χ3v) is 15.2. The smallest absolute Gasteiger partial charge is 0.0514 e. The molecule has 0 aliphatic carbocycles. The first-order chi connectivity index (χ1) is 37.2. The lowest BCUT2D eigenvalue weighted by atomic mass is 9.96. The zero-order valence-corrected chi connectivity index (χ0v) is 42.3. The van der Waals surface area contributed by atoms with Crippen molar-refractivity contribution in [2.45, 2.75) is 38.5 Å². The van der Waals surface area contributed by atoms with Crippen LogP contribution >= 0.6 is 0 Å². The molecule has 6 heteroatoms. The van der Waals surface area contributed by atoms with Gasteiger partial charge in [-0.2, -0.15) is 0 Å². The number of aryl methyl sites for hydroxylation is 2. The predicted molar refractivity (Wildman–Crippen MR) is 316 cm³/mol. The summed E-state index contributed by atoms with van der Waals surface area (Å²) < 4.78 is 0. The van der Waals surface area contributed by atoms with Crippen molar-refractivity contribution in [3.63, 3.8) is 0 Å². The second kappa shape index (κ2) is 20.5. The minimum atomic E-state index is 0.898. The topological polar surface area (TPSA) is 19.4 Å². The minimum absolute atomic E-state index is 0.898. The molecule has 0 amide bonds. The standard InChI is InChI=1S/C69H60N6/c1-6-28-54(29-7-1)73(55-30-8-2-9-31-55)62-47-59(70-43-21-26-52-24-16-18-39-66(52)70)46-60(48-62)72-45-23-38-65-68(72)41-20-42-69(65)75(58-36-14-5-15-37-58)64-50-61(71-44-22-27-53-25-17-19-40-67(53)71)49-63(51-64)74(56-32-10-3-11-33-56)57-34-12-4-13-35-57/h1-20,24-25,28-37,39-42,46-51H,21-23,26-27,38,43-45H2. The Morgan fingerprint density at radius 2 is 0.587 bits per heavy atom. The minimum Gasteiger partial charge on any atom is -0.341 e. The molecule has 10 aromatic rings. The zero-order chi connectivity index (χ0) is 49.9. The van der Waals surface area contributed by atoms with E-state index in [-0.39, 0.29) is 0 Å². The molecule has 75 heavy (non-hydrogen) atoms. The lowest BCUT2D eigenvalue weighted by Crippen LogP contribution is -2.28. The quantitative estimate of drug-likeness (QED) is 0.121. The molecule has 0 N–H and O–H groups in total. The Morgan fingerprint density at radius 1 is 0.253 bits per heavy atom. The SMILES string of the molecule is c1ccc(N(c2ccccc2)c2cc(N3CCCc4ccccc43)cc(N3CCCc4c3cccc4N(c3ccccc3)c3cc(N4CCCc5ccccc54)cc(N(c4ccccc4)c4ccccc4)c3)c2)cc1. The third-order valence-electron chi connectivity index (χ3n) is 15.2. The molecule has 0 atom stereocenters. The Hall–Kier alpha value is -9.00. The number of hydrogen-bond donors (Lipinski definition) is 0. The van der Waals surface area contributed by atoms with Crippen molar-refractivity contribution in [2.75, 3.05) is 49.0 Å². The Bertz CT molecular complexity index is 3490. The number of hydrogen-bond acceptors (Lipinski definition) is 6. The number of anilines is 15. The number of benzene rings is 10. The van der Waals surface area contributed by atoms with Gasteiger partial charge in [0.15, 0.2) is 0 Å². The van der Waals surface area contributed by atoms with Gasteiger partial charge < -0.3 is 29.4 Å². The van der Waals surface area contributed by atoms with Gasteiger partial charge in [0.05, 0.1) is 22.7 Å². The highest BCUT2D eigenvalue weighted by molar-refractivity contribution is 5.91. The molecule has 3 aliphatic heterocycles. The van der Waals surface area contributed by atoms with Crippen LogP contribution in [0.3, 0.4) is 0 Å². The molecular weight excluding hydrogens is 913 g/mol. The summed E-state index contributed by atoms with van der Waals surface area (Å²) in [5.74, 6) is 0. The van der Waals surface area contributed by atoms with Crippen molar-refractivity contribution >= 4 is 85.3 Å². The Morgan fingerprint density at radius 3 is 1.04 bits per heavy atom. The van der Waals surface area contributed by atoms with E-state index in [1.165, 1.54) is 56.5 Å². The summed E-state index contributed by atoms with van der Waals surface area (Å²) in [7, 11) is 0. The lowest BCUT2D eigenvalue weighted by molar-refractivity contribution is 0.761. The molecule has 3 aliphatic rings. The van der Waals surface area contributed by atoms with Gasteiger partial charge in [-0.15, -0.1) is 0 Å². The Balaban J connectivity index is 1.000. The van der Waals surface area contributed by atoms with Crippen molar-refractivity contribution in [2.24, 2.45) is 0 Å². The van der Waals surface area contributed by atoms with Gasteiger partial charge >= 0.3 is 0 Å². The Kier molecular flexibility index (Phi) is 12.5. The second-order valence-corrected chi connectivity index (χ2v) is 19.9. The summed E-state index contributed by atoms with van der Waals surface area (Å²) in [6.45, 7) is 2.79. The maximum absolute atomic E-state index is 2.60. The fourth-order valence-electron chi connectivity index (χ4n) is 11.9. The molecule has 10 aromatic carbocycles. The van der Waals surface area contributed by atoms with E-state index >= 15 is 0 Å². The summed E-state index contributed by atoms with van der Waals surface area (Å²) in [6.07, 6.45) is 6.31. The molecule has 3 heterocycles. The van der Waals surface area contributed by atoms with Gasteiger partial charge in [-0.3, -0.25) is 0 Å². The van der Waals surface area contributed by atoms with Crippen LogP contribution in [0.25, 0.3) is 0 Å². The molecule has 6 nitrogen and oxygen atoms in total. The molecule has 0 bridgehead atoms. The van der Waals surface area contributed by atoms with E-state index in [1.807, 2.05) is 0 Å². The highest BCUT2D eigenvalue weighted by Crippen LogP contribution is 2.50. The highest BCUT2D eigenvalue weighted by Gasteiger charge is 2.30. The van der Waals surface area contributed by atoms with Crippen LogP contribution in [0.4, 0.5) is 85.3 Å². The van der Waals surface area contributed by atoms with Gasteiger partial charge in [-0.25, -0.2) is 0 Å². The highest BCUT2D eigenvalue weighted by atomic mass is 15.2.